The van der Waals surface area contributed by atoms with Crippen LogP contribution in [0.2, 0.25) is 0 Å². The molecule has 23 heavy (non-hydrogen) atoms. The number of carbonyl (C=O) groups excluding carboxylic acids is 1. The fraction of sp³-hybridized carbons (Fsp3) is 0.412. The van der Waals surface area contributed by atoms with Crippen LogP contribution in [-0.2, 0) is 4.79 Å². The van der Waals surface area contributed by atoms with E-state index in [1.54, 1.807) is 6.07 Å². The highest BCUT2D eigenvalue weighted by atomic mass is 19.1. The lowest BCUT2D eigenvalue weighted by Crippen LogP contribution is -2.44. The van der Waals surface area contributed by atoms with Gasteiger partial charge in [0.25, 0.3) is 0 Å². The van der Waals surface area contributed by atoms with Gasteiger partial charge in [0.1, 0.15) is 17.4 Å². The van der Waals surface area contributed by atoms with Gasteiger partial charge in [-0.25, -0.2) is 8.78 Å². The lowest BCUT2D eigenvalue weighted by atomic mass is 10.1. The summed E-state index contributed by atoms with van der Waals surface area (Å²) in [4.78, 5) is 18.4. The van der Waals surface area contributed by atoms with Crippen LogP contribution in [0, 0.1) is 11.6 Å². The van der Waals surface area contributed by atoms with Crippen LogP contribution in [0.15, 0.2) is 24.4 Å². The second-order valence-electron chi connectivity index (χ2n) is 6.25. The Labute approximate surface area is 132 Å². The van der Waals surface area contributed by atoms with Crippen molar-refractivity contribution >= 4 is 22.5 Å². The summed E-state index contributed by atoms with van der Waals surface area (Å²) < 4.78 is 27.6. The first-order chi connectivity index (χ1) is 11.1. The molecule has 120 valence electrons. The number of halogens is 2. The smallest absolute Gasteiger partial charge is 0.242 e. The lowest BCUT2D eigenvalue weighted by Gasteiger charge is -2.27. The maximum atomic E-state index is 13.9. The first-order valence-corrected chi connectivity index (χ1v) is 7.94. The molecule has 0 radical (unpaired) electrons. The van der Waals surface area contributed by atoms with E-state index in [4.69, 9.17) is 0 Å². The number of fused-ring (bicyclic) bond motifs is 1. The Kier molecular flexibility index (Phi) is 3.39. The molecule has 2 aliphatic rings. The molecule has 2 heterocycles. The second-order valence-corrected chi connectivity index (χ2v) is 6.25. The minimum atomic E-state index is -0.681. The zero-order valence-electron chi connectivity index (χ0n) is 12.6. The number of carbonyl (C=O) groups is 1. The van der Waals surface area contributed by atoms with E-state index in [0.29, 0.717) is 23.7 Å². The van der Waals surface area contributed by atoms with Gasteiger partial charge < -0.3 is 10.2 Å². The minimum absolute atomic E-state index is 0.00633. The normalized spacial score (nSPS) is 21.0. The largest absolute Gasteiger partial charge is 0.359 e. The number of amides is 1. The molecular weight excluding hydrogens is 300 g/mol. The van der Waals surface area contributed by atoms with Crippen molar-refractivity contribution < 1.29 is 13.6 Å². The molecule has 1 atom stereocenters. The second kappa shape index (κ2) is 5.44. The number of hydrogen-bond acceptors (Lipinski definition) is 3. The van der Waals surface area contributed by atoms with Gasteiger partial charge in [-0.05, 0) is 37.8 Å². The summed E-state index contributed by atoms with van der Waals surface area (Å²) in [6.45, 7) is 0.694. The van der Waals surface area contributed by atoms with Gasteiger partial charge in [-0.2, -0.15) is 0 Å². The number of nitrogens with zero attached hydrogens (tertiary/aromatic N) is 2. The molecule has 1 aromatic heterocycles. The van der Waals surface area contributed by atoms with Crippen molar-refractivity contribution in [3.8, 4) is 0 Å². The molecule has 4 rings (SSSR count). The van der Waals surface area contributed by atoms with Crippen molar-refractivity contribution in [2.75, 3.05) is 11.4 Å². The first kappa shape index (κ1) is 14.4. The maximum absolute atomic E-state index is 13.9. The van der Waals surface area contributed by atoms with Gasteiger partial charge in [-0.3, -0.25) is 9.78 Å². The van der Waals surface area contributed by atoms with E-state index in [9.17, 15) is 13.6 Å². The summed E-state index contributed by atoms with van der Waals surface area (Å²) in [5.41, 5.74) is 0.805. The topological polar surface area (TPSA) is 45.2 Å². The van der Waals surface area contributed by atoms with E-state index < -0.39 is 11.6 Å². The quantitative estimate of drug-likeness (QED) is 0.947. The highest BCUT2D eigenvalue weighted by molar-refractivity contribution is 5.95. The number of rotatable bonds is 3. The molecule has 1 N–H and O–H groups in total. The molecule has 1 amide bonds. The fourth-order valence-electron chi connectivity index (χ4n) is 3.27. The molecule has 1 saturated carbocycles. The summed E-state index contributed by atoms with van der Waals surface area (Å²) in [6, 6.07) is 3.86. The third-order valence-electron chi connectivity index (χ3n) is 4.53. The van der Waals surface area contributed by atoms with Gasteiger partial charge in [0.05, 0.1) is 0 Å². The van der Waals surface area contributed by atoms with Crippen LogP contribution in [0.4, 0.5) is 14.5 Å². The minimum Gasteiger partial charge on any atom is -0.359 e. The highest BCUT2D eigenvalue weighted by Crippen LogP contribution is 2.33. The molecule has 1 aliphatic carbocycles. The highest BCUT2D eigenvalue weighted by Gasteiger charge is 2.34. The van der Waals surface area contributed by atoms with Crippen molar-refractivity contribution in [2.45, 2.75) is 37.8 Å². The number of pyridine rings is 1. The summed E-state index contributed by atoms with van der Waals surface area (Å²) in [6.07, 6.45) is 5.21. The predicted molar refractivity (Wildman–Crippen MR) is 83.2 cm³/mol. The summed E-state index contributed by atoms with van der Waals surface area (Å²) in [5.74, 6) is -1.31. The van der Waals surface area contributed by atoms with Crippen LogP contribution >= 0.6 is 0 Å². The van der Waals surface area contributed by atoms with Gasteiger partial charge in [0, 0.05) is 35.9 Å². The third kappa shape index (κ3) is 2.62. The van der Waals surface area contributed by atoms with Crippen molar-refractivity contribution in [1.29, 1.82) is 0 Å². The Morgan fingerprint density at radius 2 is 2.09 bits per heavy atom. The van der Waals surface area contributed by atoms with Gasteiger partial charge in [-0.15, -0.1) is 0 Å². The third-order valence-corrected chi connectivity index (χ3v) is 4.53. The Balaban J connectivity index is 1.73. The van der Waals surface area contributed by atoms with Crippen molar-refractivity contribution in [3.63, 3.8) is 0 Å². The molecule has 6 heteroatoms. The van der Waals surface area contributed by atoms with Crippen LogP contribution in [-0.4, -0.2) is 29.5 Å². The molecule has 1 saturated heterocycles. The Morgan fingerprint density at radius 3 is 2.87 bits per heavy atom. The Hall–Kier alpha value is -2.24. The van der Waals surface area contributed by atoms with Gasteiger partial charge in [0.15, 0.2) is 5.82 Å². The maximum Gasteiger partial charge on any atom is 0.242 e. The van der Waals surface area contributed by atoms with Crippen LogP contribution in [0.1, 0.15) is 25.7 Å². The predicted octanol–water partition coefficient (Wildman–Crippen LogP) is 2.76. The van der Waals surface area contributed by atoms with E-state index in [1.807, 2.05) is 4.90 Å². The first-order valence-electron chi connectivity index (χ1n) is 7.94. The summed E-state index contributed by atoms with van der Waals surface area (Å²) in [5, 5.41) is 3.44. The number of aromatic nitrogens is 1. The van der Waals surface area contributed by atoms with Gasteiger partial charge >= 0.3 is 0 Å². The molecule has 0 spiro atoms. The fourth-order valence-corrected chi connectivity index (χ4v) is 3.27. The van der Waals surface area contributed by atoms with Crippen LogP contribution in [0.5, 0.6) is 0 Å². The van der Waals surface area contributed by atoms with Crippen molar-refractivity contribution in [2.24, 2.45) is 0 Å². The van der Waals surface area contributed by atoms with Gasteiger partial charge in [0.2, 0.25) is 5.91 Å². The monoisotopic (exact) mass is 317 g/mol. The molecule has 2 aromatic rings. The van der Waals surface area contributed by atoms with Crippen molar-refractivity contribution in [3.05, 3.63) is 36.0 Å². The van der Waals surface area contributed by atoms with E-state index in [2.05, 4.69) is 10.3 Å². The lowest BCUT2D eigenvalue weighted by molar-refractivity contribution is -0.122. The number of anilines is 1. The number of hydrogen-bond donors (Lipinski definition) is 1. The standard InChI is InChI=1S/C17H17F2N3O/c18-10-8-12-14(5-6-20-16(12)13(19)9-10)22-7-1-2-15(22)17(23)21-11-3-4-11/h5-6,8-9,11,15H,1-4,7H2,(H,21,23)/t15-/m1/s1. The van der Waals surface area contributed by atoms with Crippen molar-refractivity contribution in [1.82, 2.24) is 10.3 Å². The molecule has 1 aliphatic heterocycles. The SMILES string of the molecule is O=C(NC1CC1)[C@H]1CCCN1c1ccnc2c(F)cc(F)cc12. The molecular formula is C17H17F2N3O. The molecule has 4 nitrogen and oxygen atoms in total. The molecule has 0 bridgehead atoms. The zero-order valence-corrected chi connectivity index (χ0v) is 12.6. The van der Waals surface area contributed by atoms with Crippen LogP contribution in [0.25, 0.3) is 10.9 Å². The van der Waals surface area contributed by atoms with Crippen LogP contribution in [0.3, 0.4) is 0 Å². The summed E-state index contributed by atoms with van der Waals surface area (Å²) >= 11 is 0. The average Bonchev–Trinajstić information content (AvgIpc) is 3.19. The molecule has 2 fully saturated rings. The number of nitrogens with one attached hydrogen (secondary N) is 1. The van der Waals surface area contributed by atoms with E-state index >= 15 is 0 Å². The van der Waals surface area contributed by atoms with E-state index in [1.165, 1.54) is 12.3 Å². The average molecular weight is 317 g/mol. The number of benzene rings is 1. The Bertz CT molecular complexity index is 776. The Morgan fingerprint density at radius 1 is 1.26 bits per heavy atom. The van der Waals surface area contributed by atoms with Crippen LogP contribution < -0.4 is 10.2 Å². The molecule has 1 aromatic carbocycles. The zero-order chi connectivity index (χ0) is 16.0. The summed E-state index contributed by atoms with van der Waals surface area (Å²) in [7, 11) is 0. The van der Waals surface area contributed by atoms with E-state index in [0.717, 1.165) is 31.7 Å². The molecule has 0 unspecified atom stereocenters. The van der Waals surface area contributed by atoms with E-state index in [-0.39, 0.29) is 17.5 Å². The van der Waals surface area contributed by atoms with Gasteiger partial charge in [-0.1, -0.05) is 0 Å².